The van der Waals surface area contributed by atoms with E-state index in [9.17, 15) is 9.59 Å². The number of aliphatic carboxylic acids is 2. The summed E-state index contributed by atoms with van der Waals surface area (Å²) in [6, 6.07) is 0. The van der Waals surface area contributed by atoms with Crippen LogP contribution in [-0.4, -0.2) is 81.3 Å². The molecule has 0 aromatic heterocycles. The van der Waals surface area contributed by atoms with Gasteiger partial charge in [0.1, 0.15) is 0 Å². The van der Waals surface area contributed by atoms with E-state index >= 15 is 0 Å². The molecule has 0 aromatic carbocycles. The molecule has 4 nitrogen and oxygen atoms in total. The van der Waals surface area contributed by atoms with Crippen LogP contribution in [0.1, 0.15) is 79.1 Å². The van der Waals surface area contributed by atoms with Gasteiger partial charge in [-0.15, -0.1) is 0 Å². The SMILES string of the molecule is CCCC(CCC)C(=O)O.CCCC(CCC)C(=O)O.[NaH].[NaH]. The van der Waals surface area contributed by atoms with Gasteiger partial charge in [0, 0.05) is 0 Å². The van der Waals surface area contributed by atoms with Crippen molar-refractivity contribution in [3.63, 3.8) is 0 Å². The molecule has 0 spiro atoms. The maximum absolute atomic E-state index is 10.5. The number of carboxylic acids is 2. The van der Waals surface area contributed by atoms with E-state index in [0.717, 1.165) is 51.4 Å². The molecular weight excluding hydrogens is 302 g/mol. The van der Waals surface area contributed by atoms with E-state index in [-0.39, 0.29) is 71.0 Å². The van der Waals surface area contributed by atoms with Crippen LogP contribution in [0.4, 0.5) is 0 Å². The molecule has 0 radical (unpaired) electrons. The Morgan fingerprint density at radius 2 is 0.818 bits per heavy atom. The van der Waals surface area contributed by atoms with E-state index < -0.39 is 11.9 Å². The van der Waals surface area contributed by atoms with Gasteiger partial charge in [0.25, 0.3) is 0 Å². The summed E-state index contributed by atoms with van der Waals surface area (Å²) in [5.41, 5.74) is 0. The van der Waals surface area contributed by atoms with Gasteiger partial charge in [0.15, 0.2) is 0 Å². The normalized spacial score (nSPS) is 9.36. The van der Waals surface area contributed by atoms with E-state index in [0.29, 0.717) is 0 Å². The maximum atomic E-state index is 10.5. The zero-order valence-electron chi connectivity index (χ0n) is 13.5. The summed E-state index contributed by atoms with van der Waals surface area (Å²) >= 11 is 0. The van der Waals surface area contributed by atoms with Crippen LogP contribution in [-0.2, 0) is 9.59 Å². The Morgan fingerprint density at radius 1 is 0.636 bits per heavy atom. The quantitative estimate of drug-likeness (QED) is 0.600. The van der Waals surface area contributed by atoms with Gasteiger partial charge in [-0.25, -0.2) is 0 Å². The Morgan fingerprint density at radius 3 is 0.909 bits per heavy atom. The molecule has 0 rings (SSSR count). The van der Waals surface area contributed by atoms with Crippen molar-refractivity contribution < 1.29 is 19.8 Å². The van der Waals surface area contributed by atoms with Gasteiger partial charge in [-0.3, -0.25) is 9.59 Å². The van der Waals surface area contributed by atoms with Crippen molar-refractivity contribution in [3.05, 3.63) is 0 Å². The fourth-order valence-electron chi connectivity index (χ4n) is 2.18. The number of hydrogen-bond donors (Lipinski definition) is 2. The van der Waals surface area contributed by atoms with Crippen molar-refractivity contribution in [2.75, 3.05) is 0 Å². The average molecular weight is 336 g/mol. The second-order valence-electron chi connectivity index (χ2n) is 5.23. The standard InChI is InChI=1S/2C8H16O2.2Na.2H/c2*1-3-5-7(6-4-2)8(9)10;;;;/h2*7H,3-6H2,1-2H3,(H,9,10);;;;. The molecule has 0 fully saturated rings. The fourth-order valence-corrected chi connectivity index (χ4v) is 2.18. The molecule has 0 heterocycles. The van der Waals surface area contributed by atoms with Gasteiger partial charge in [-0.05, 0) is 25.7 Å². The molecule has 0 aromatic rings. The summed E-state index contributed by atoms with van der Waals surface area (Å²) in [6.07, 6.45) is 7.17. The number of carboxylic acid groups (broad SMARTS) is 2. The monoisotopic (exact) mass is 336 g/mol. The third-order valence-corrected chi connectivity index (χ3v) is 3.25. The summed E-state index contributed by atoms with van der Waals surface area (Å²) in [6.45, 7) is 8.08. The van der Waals surface area contributed by atoms with Crippen molar-refractivity contribution >= 4 is 71.1 Å². The average Bonchev–Trinajstić information content (AvgIpc) is 2.38. The van der Waals surface area contributed by atoms with Crippen molar-refractivity contribution in [1.82, 2.24) is 0 Å². The molecule has 0 amide bonds. The molecule has 0 saturated carbocycles. The minimum absolute atomic E-state index is 0. The third kappa shape index (κ3) is 19.0. The molecule has 0 aliphatic rings. The predicted octanol–water partition coefficient (Wildman–Crippen LogP) is 3.28. The molecule has 22 heavy (non-hydrogen) atoms. The van der Waals surface area contributed by atoms with Crippen molar-refractivity contribution in [2.45, 2.75) is 79.1 Å². The predicted molar refractivity (Wildman–Crippen MR) is 96.2 cm³/mol. The molecule has 0 unspecified atom stereocenters. The van der Waals surface area contributed by atoms with Crippen molar-refractivity contribution in [3.8, 4) is 0 Å². The van der Waals surface area contributed by atoms with Gasteiger partial charge < -0.3 is 10.2 Å². The molecule has 6 heteroatoms. The summed E-state index contributed by atoms with van der Waals surface area (Å²) in [5, 5.41) is 17.3. The Balaban J connectivity index is -0.000000135. The van der Waals surface area contributed by atoms with Crippen LogP contribution >= 0.6 is 0 Å². The van der Waals surface area contributed by atoms with E-state index in [1.54, 1.807) is 0 Å². The summed E-state index contributed by atoms with van der Waals surface area (Å²) < 4.78 is 0. The van der Waals surface area contributed by atoms with Gasteiger partial charge in [-0.1, -0.05) is 53.4 Å². The van der Waals surface area contributed by atoms with Gasteiger partial charge in [-0.2, -0.15) is 0 Å². The first kappa shape index (κ1) is 30.8. The van der Waals surface area contributed by atoms with Crippen molar-refractivity contribution in [1.29, 1.82) is 0 Å². The number of rotatable bonds is 10. The molecule has 0 saturated heterocycles. The molecule has 124 valence electrons. The second kappa shape index (κ2) is 21.9. The van der Waals surface area contributed by atoms with Crippen LogP contribution in [0.2, 0.25) is 0 Å². The molecular formula is C16H34Na2O4. The van der Waals surface area contributed by atoms with Crippen LogP contribution in [0.3, 0.4) is 0 Å². The Labute approximate surface area is 180 Å². The first-order valence-electron chi connectivity index (χ1n) is 7.89. The van der Waals surface area contributed by atoms with E-state index in [2.05, 4.69) is 0 Å². The van der Waals surface area contributed by atoms with E-state index in [1.807, 2.05) is 27.7 Å². The molecule has 0 aliphatic heterocycles. The van der Waals surface area contributed by atoms with Crippen LogP contribution < -0.4 is 0 Å². The minimum atomic E-state index is -0.635. The first-order valence-corrected chi connectivity index (χ1v) is 7.89. The zero-order valence-corrected chi connectivity index (χ0v) is 13.5. The van der Waals surface area contributed by atoms with Crippen LogP contribution in [0.5, 0.6) is 0 Å². The van der Waals surface area contributed by atoms with E-state index in [1.165, 1.54) is 0 Å². The molecule has 0 atom stereocenters. The summed E-state index contributed by atoms with van der Waals surface area (Å²) in [5.74, 6) is -1.47. The molecule has 0 aliphatic carbocycles. The van der Waals surface area contributed by atoms with Gasteiger partial charge >= 0.3 is 71.1 Å². The first-order chi connectivity index (χ1) is 9.44. The topological polar surface area (TPSA) is 74.6 Å². The fraction of sp³-hybridized carbons (Fsp3) is 0.875. The third-order valence-electron chi connectivity index (χ3n) is 3.25. The Bertz CT molecular complexity index is 223. The van der Waals surface area contributed by atoms with Gasteiger partial charge in [0.2, 0.25) is 0 Å². The van der Waals surface area contributed by atoms with E-state index in [4.69, 9.17) is 10.2 Å². The Kier molecular flexibility index (Phi) is 30.7. The summed E-state index contributed by atoms with van der Waals surface area (Å²) in [7, 11) is 0. The van der Waals surface area contributed by atoms with Gasteiger partial charge in [0.05, 0.1) is 11.8 Å². The van der Waals surface area contributed by atoms with Crippen molar-refractivity contribution in [2.24, 2.45) is 11.8 Å². The molecule has 2 N–H and O–H groups in total. The molecule has 0 bridgehead atoms. The number of hydrogen-bond acceptors (Lipinski definition) is 2. The van der Waals surface area contributed by atoms with Crippen LogP contribution in [0, 0.1) is 11.8 Å². The zero-order chi connectivity index (χ0) is 16.0. The summed E-state index contributed by atoms with van der Waals surface area (Å²) in [4.78, 5) is 21.0. The number of carbonyl (C=O) groups is 2. The Hall–Kier alpha value is 0.940. The second-order valence-corrected chi connectivity index (χ2v) is 5.23. The van der Waals surface area contributed by atoms with Crippen LogP contribution in [0.15, 0.2) is 0 Å². The van der Waals surface area contributed by atoms with Crippen LogP contribution in [0.25, 0.3) is 0 Å².